The van der Waals surface area contributed by atoms with Gasteiger partial charge in [-0.25, -0.2) is 28.5 Å². The highest BCUT2D eigenvalue weighted by atomic mass is 32.2. The zero-order valence-corrected chi connectivity index (χ0v) is 18.0. The molecular formula is C21H13F6N5O2S. The molecule has 0 saturated carbocycles. The fraction of sp³-hybridized carbons (Fsp3) is 0.0952. The Morgan fingerprint density at radius 2 is 1.49 bits per heavy atom. The molecule has 4 aromatic rings. The Morgan fingerprint density at radius 1 is 0.800 bits per heavy atom. The SMILES string of the molecule is NS(=O)(=O)c1cccc(-c2cn(-c3nc(-c4ccc(C(F)(F)F)cc4)cc(C(F)(F)F)n3)cn2)c1. The molecule has 35 heavy (non-hydrogen) atoms. The van der Waals surface area contributed by atoms with Crippen molar-refractivity contribution in [1.29, 1.82) is 0 Å². The van der Waals surface area contributed by atoms with Crippen molar-refractivity contribution in [1.82, 2.24) is 19.5 Å². The molecular weight excluding hydrogens is 500 g/mol. The Hall–Kier alpha value is -3.78. The second kappa shape index (κ2) is 8.46. The molecule has 0 bridgehead atoms. The van der Waals surface area contributed by atoms with E-state index < -0.39 is 39.6 Å². The van der Waals surface area contributed by atoms with Crippen LogP contribution in [0.5, 0.6) is 0 Å². The van der Waals surface area contributed by atoms with Crippen LogP contribution in [0.4, 0.5) is 26.3 Å². The van der Waals surface area contributed by atoms with Crippen LogP contribution in [0, 0.1) is 0 Å². The fourth-order valence-electron chi connectivity index (χ4n) is 3.09. The van der Waals surface area contributed by atoms with Gasteiger partial charge in [0.1, 0.15) is 6.33 Å². The molecule has 2 heterocycles. The number of nitrogens with two attached hydrogens (primary N) is 1. The van der Waals surface area contributed by atoms with Gasteiger partial charge in [0.2, 0.25) is 16.0 Å². The standard InChI is InChI=1S/C21H13F6N5O2S/c22-20(23,24)14-6-4-12(5-7-14)16-9-18(21(25,26)27)31-19(30-16)32-10-17(29-11-32)13-2-1-3-15(8-13)35(28,33)34/h1-11H,(H2,28,33,34). The number of imidazole rings is 1. The number of primary sulfonamides is 1. The van der Waals surface area contributed by atoms with Gasteiger partial charge in [0.25, 0.3) is 0 Å². The van der Waals surface area contributed by atoms with Crippen molar-refractivity contribution >= 4 is 10.0 Å². The van der Waals surface area contributed by atoms with Crippen molar-refractivity contribution in [2.24, 2.45) is 5.14 Å². The highest BCUT2D eigenvalue weighted by Gasteiger charge is 2.34. The van der Waals surface area contributed by atoms with E-state index in [4.69, 9.17) is 5.14 Å². The van der Waals surface area contributed by atoms with E-state index in [9.17, 15) is 34.8 Å². The topological polar surface area (TPSA) is 104 Å². The van der Waals surface area contributed by atoms with E-state index in [1.165, 1.54) is 30.5 Å². The predicted octanol–water partition coefficient (Wildman–Crippen LogP) is 4.68. The van der Waals surface area contributed by atoms with Gasteiger partial charge >= 0.3 is 12.4 Å². The third-order valence-electron chi connectivity index (χ3n) is 4.78. The summed E-state index contributed by atoms with van der Waals surface area (Å²) >= 11 is 0. The first-order valence-corrected chi connectivity index (χ1v) is 11.1. The molecule has 0 aliphatic rings. The minimum absolute atomic E-state index is 0.00772. The molecule has 0 radical (unpaired) electrons. The van der Waals surface area contributed by atoms with Crippen molar-refractivity contribution in [3.8, 4) is 28.5 Å². The first-order valence-electron chi connectivity index (χ1n) is 9.53. The number of hydrogen-bond acceptors (Lipinski definition) is 5. The molecule has 0 saturated heterocycles. The molecule has 0 unspecified atom stereocenters. The van der Waals surface area contributed by atoms with Gasteiger partial charge in [0.15, 0.2) is 5.69 Å². The lowest BCUT2D eigenvalue weighted by Gasteiger charge is -2.12. The van der Waals surface area contributed by atoms with Gasteiger partial charge < -0.3 is 0 Å². The summed E-state index contributed by atoms with van der Waals surface area (Å²) in [7, 11) is -4.00. The summed E-state index contributed by atoms with van der Waals surface area (Å²) in [5.74, 6) is -0.448. The molecule has 0 atom stereocenters. The van der Waals surface area contributed by atoms with Crippen LogP contribution in [0.15, 0.2) is 72.0 Å². The summed E-state index contributed by atoms with van der Waals surface area (Å²) in [6, 6.07) is 9.54. The summed E-state index contributed by atoms with van der Waals surface area (Å²) in [5.41, 5.74) is -2.04. The van der Waals surface area contributed by atoms with Gasteiger partial charge in [-0.05, 0) is 30.3 Å². The lowest BCUT2D eigenvalue weighted by molar-refractivity contribution is -0.141. The third-order valence-corrected chi connectivity index (χ3v) is 5.70. The van der Waals surface area contributed by atoms with Crippen LogP contribution < -0.4 is 5.14 Å². The predicted molar refractivity (Wildman–Crippen MR) is 111 cm³/mol. The van der Waals surface area contributed by atoms with Gasteiger partial charge in [-0.2, -0.15) is 26.3 Å². The molecule has 14 heteroatoms. The molecule has 2 aromatic heterocycles. The van der Waals surface area contributed by atoms with Crippen LogP contribution in [-0.2, 0) is 22.4 Å². The van der Waals surface area contributed by atoms with Gasteiger partial charge in [-0.1, -0.05) is 24.3 Å². The molecule has 0 amide bonds. The van der Waals surface area contributed by atoms with E-state index in [0.29, 0.717) is 11.6 Å². The zero-order valence-electron chi connectivity index (χ0n) is 17.2. The lowest BCUT2D eigenvalue weighted by atomic mass is 10.1. The Morgan fingerprint density at radius 3 is 2.09 bits per heavy atom. The molecule has 0 aliphatic carbocycles. The monoisotopic (exact) mass is 513 g/mol. The quantitative estimate of drug-likeness (QED) is 0.399. The van der Waals surface area contributed by atoms with Crippen LogP contribution in [0.2, 0.25) is 0 Å². The summed E-state index contributed by atoms with van der Waals surface area (Å²) < 4.78 is 103. The summed E-state index contributed by atoms with van der Waals surface area (Å²) in [6.07, 6.45) is -7.09. The Bertz CT molecular complexity index is 1500. The van der Waals surface area contributed by atoms with Gasteiger partial charge in [0.05, 0.1) is 21.8 Å². The molecule has 2 N–H and O–H groups in total. The van der Waals surface area contributed by atoms with Gasteiger partial charge in [-0.15, -0.1) is 0 Å². The maximum Gasteiger partial charge on any atom is 0.433 e. The molecule has 182 valence electrons. The maximum atomic E-state index is 13.5. The largest absolute Gasteiger partial charge is 0.433 e. The highest BCUT2D eigenvalue weighted by Crippen LogP contribution is 2.33. The molecule has 7 nitrogen and oxygen atoms in total. The average Bonchev–Trinajstić information content (AvgIpc) is 3.28. The average molecular weight is 513 g/mol. The van der Waals surface area contributed by atoms with Crippen molar-refractivity contribution < 1.29 is 34.8 Å². The molecule has 0 fully saturated rings. The van der Waals surface area contributed by atoms with Gasteiger partial charge in [-0.3, -0.25) is 4.57 Å². The number of aromatic nitrogens is 4. The van der Waals surface area contributed by atoms with E-state index >= 15 is 0 Å². The molecule has 4 rings (SSSR count). The second-order valence-corrected chi connectivity index (χ2v) is 8.81. The number of sulfonamides is 1. The van der Waals surface area contributed by atoms with E-state index in [-0.39, 0.29) is 21.8 Å². The van der Waals surface area contributed by atoms with Crippen molar-refractivity contribution in [2.75, 3.05) is 0 Å². The first-order chi connectivity index (χ1) is 16.2. The first kappa shape index (κ1) is 24.3. The van der Waals surface area contributed by atoms with Crippen LogP contribution >= 0.6 is 0 Å². The normalized spacial score (nSPS) is 12.7. The summed E-state index contributed by atoms with van der Waals surface area (Å²) in [4.78, 5) is 11.4. The van der Waals surface area contributed by atoms with Crippen LogP contribution in [0.25, 0.3) is 28.5 Å². The molecule has 0 spiro atoms. The van der Waals surface area contributed by atoms with Crippen molar-refractivity contribution in [3.05, 3.63) is 78.4 Å². The third kappa shape index (κ3) is 5.33. The molecule has 0 aliphatic heterocycles. The summed E-state index contributed by atoms with van der Waals surface area (Å²) in [6.45, 7) is 0. The maximum absolute atomic E-state index is 13.5. The number of alkyl halides is 6. The minimum Gasteiger partial charge on any atom is -0.274 e. The Labute approximate surface area is 194 Å². The van der Waals surface area contributed by atoms with Crippen molar-refractivity contribution in [3.63, 3.8) is 0 Å². The van der Waals surface area contributed by atoms with Crippen LogP contribution in [-0.4, -0.2) is 27.9 Å². The smallest absolute Gasteiger partial charge is 0.274 e. The molecule has 2 aromatic carbocycles. The Balaban J connectivity index is 1.78. The van der Waals surface area contributed by atoms with E-state index in [0.717, 1.165) is 35.2 Å². The lowest BCUT2D eigenvalue weighted by Crippen LogP contribution is -2.12. The number of benzene rings is 2. The van der Waals surface area contributed by atoms with Crippen LogP contribution in [0.3, 0.4) is 0 Å². The summed E-state index contributed by atoms with van der Waals surface area (Å²) in [5, 5.41) is 5.12. The number of hydrogen-bond donors (Lipinski definition) is 1. The zero-order chi connectivity index (χ0) is 25.6. The Kier molecular flexibility index (Phi) is 5.89. The van der Waals surface area contributed by atoms with Gasteiger partial charge in [0, 0.05) is 17.3 Å². The number of halogens is 6. The van der Waals surface area contributed by atoms with E-state index in [1.54, 1.807) is 0 Å². The highest BCUT2D eigenvalue weighted by molar-refractivity contribution is 7.89. The number of rotatable bonds is 4. The number of nitrogens with zero attached hydrogens (tertiary/aromatic N) is 4. The van der Waals surface area contributed by atoms with E-state index in [2.05, 4.69) is 15.0 Å². The van der Waals surface area contributed by atoms with E-state index in [1.807, 2.05) is 0 Å². The minimum atomic E-state index is -4.87. The van der Waals surface area contributed by atoms with Crippen molar-refractivity contribution in [2.45, 2.75) is 17.2 Å². The van der Waals surface area contributed by atoms with Crippen LogP contribution in [0.1, 0.15) is 11.3 Å². The second-order valence-electron chi connectivity index (χ2n) is 7.25. The fourth-order valence-corrected chi connectivity index (χ4v) is 3.65.